The van der Waals surface area contributed by atoms with Crippen LogP contribution in [0.1, 0.15) is 10.6 Å². The van der Waals surface area contributed by atoms with Gasteiger partial charge >= 0.3 is 0 Å². The average molecular weight is 386 g/mol. The molecule has 3 nitrogen and oxygen atoms in total. The Morgan fingerprint density at radius 3 is 2.64 bits per heavy atom. The molecule has 25 heavy (non-hydrogen) atoms. The SMILES string of the molecule is Cc1ccc(-c2csc(C(C#N)=CNc3ccc(Cl)cc3Cl)n2)cc1. The summed E-state index contributed by atoms with van der Waals surface area (Å²) >= 11 is 13.4. The fourth-order valence-electron chi connectivity index (χ4n) is 2.15. The van der Waals surface area contributed by atoms with E-state index < -0.39 is 0 Å². The third kappa shape index (κ3) is 4.21. The summed E-state index contributed by atoms with van der Waals surface area (Å²) in [4.78, 5) is 4.56. The number of anilines is 1. The topological polar surface area (TPSA) is 48.7 Å². The highest BCUT2D eigenvalue weighted by atomic mass is 35.5. The highest BCUT2D eigenvalue weighted by Crippen LogP contribution is 2.28. The van der Waals surface area contributed by atoms with Crippen molar-refractivity contribution < 1.29 is 0 Å². The zero-order chi connectivity index (χ0) is 17.8. The number of halogens is 2. The first-order valence-corrected chi connectivity index (χ1v) is 9.05. The number of rotatable bonds is 4. The van der Waals surface area contributed by atoms with Crippen LogP contribution in [-0.2, 0) is 0 Å². The first-order chi connectivity index (χ1) is 12.1. The Bertz CT molecular complexity index is 969. The van der Waals surface area contributed by atoms with Crippen molar-refractivity contribution in [3.63, 3.8) is 0 Å². The van der Waals surface area contributed by atoms with Crippen LogP contribution in [0.5, 0.6) is 0 Å². The van der Waals surface area contributed by atoms with Gasteiger partial charge in [-0.3, -0.25) is 0 Å². The molecule has 1 N–H and O–H groups in total. The Balaban J connectivity index is 1.84. The highest BCUT2D eigenvalue weighted by Gasteiger charge is 2.09. The maximum atomic E-state index is 9.44. The van der Waals surface area contributed by atoms with Crippen LogP contribution in [0.25, 0.3) is 16.8 Å². The number of nitrogens with one attached hydrogen (secondary N) is 1. The molecule has 0 atom stereocenters. The van der Waals surface area contributed by atoms with Crippen molar-refractivity contribution in [2.75, 3.05) is 5.32 Å². The van der Waals surface area contributed by atoms with Crippen LogP contribution >= 0.6 is 34.5 Å². The van der Waals surface area contributed by atoms with E-state index in [2.05, 4.69) is 16.4 Å². The summed E-state index contributed by atoms with van der Waals surface area (Å²) in [5, 5.41) is 16.1. The predicted molar refractivity (Wildman–Crippen MR) is 106 cm³/mol. The molecule has 0 fully saturated rings. The van der Waals surface area contributed by atoms with Crippen molar-refractivity contribution in [1.82, 2.24) is 4.98 Å². The molecule has 0 aliphatic carbocycles. The molecule has 0 saturated carbocycles. The normalized spacial score (nSPS) is 11.2. The van der Waals surface area contributed by atoms with Crippen LogP contribution in [0.15, 0.2) is 54.0 Å². The molecule has 0 radical (unpaired) electrons. The minimum absolute atomic E-state index is 0.439. The van der Waals surface area contributed by atoms with Gasteiger partial charge in [0, 0.05) is 22.2 Å². The van der Waals surface area contributed by atoms with Crippen molar-refractivity contribution in [3.8, 4) is 17.3 Å². The van der Waals surface area contributed by atoms with E-state index >= 15 is 0 Å². The molecule has 0 saturated heterocycles. The molecule has 0 spiro atoms. The molecule has 0 bridgehead atoms. The molecule has 0 aliphatic heterocycles. The summed E-state index contributed by atoms with van der Waals surface area (Å²) in [5.41, 5.74) is 4.19. The van der Waals surface area contributed by atoms with Gasteiger partial charge in [0.15, 0.2) is 0 Å². The lowest BCUT2D eigenvalue weighted by Gasteiger charge is -2.04. The summed E-state index contributed by atoms with van der Waals surface area (Å²) in [7, 11) is 0. The maximum absolute atomic E-state index is 9.44. The van der Waals surface area contributed by atoms with Gasteiger partial charge in [-0.25, -0.2) is 4.98 Å². The van der Waals surface area contributed by atoms with Crippen molar-refractivity contribution in [3.05, 3.63) is 74.7 Å². The fourth-order valence-corrected chi connectivity index (χ4v) is 3.41. The number of thiazole rings is 1. The van der Waals surface area contributed by atoms with Crippen molar-refractivity contribution in [2.45, 2.75) is 6.92 Å². The first-order valence-electron chi connectivity index (χ1n) is 7.41. The highest BCUT2D eigenvalue weighted by molar-refractivity contribution is 7.11. The molecule has 0 unspecified atom stereocenters. The molecule has 1 heterocycles. The van der Waals surface area contributed by atoms with Crippen molar-refractivity contribution in [2.24, 2.45) is 0 Å². The number of hydrogen-bond acceptors (Lipinski definition) is 4. The van der Waals surface area contributed by atoms with E-state index in [1.165, 1.54) is 16.9 Å². The summed E-state index contributed by atoms with van der Waals surface area (Å²) < 4.78 is 0. The number of nitrogens with zero attached hydrogens (tertiary/aromatic N) is 2. The number of aryl methyl sites for hydroxylation is 1. The van der Waals surface area contributed by atoms with Crippen molar-refractivity contribution in [1.29, 1.82) is 5.26 Å². The largest absolute Gasteiger partial charge is 0.359 e. The summed E-state index contributed by atoms with van der Waals surface area (Å²) in [6.07, 6.45) is 1.60. The third-order valence-corrected chi connectivity index (χ3v) is 4.93. The van der Waals surface area contributed by atoms with E-state index in [0.29, 0.717) is 26.3 Å². The lowest BCUT2D eigenvalue weighted by Crippen LogP contribution is -1.92. The van der Waals surface area contributed by atoms with Gasteiger partial charge in [-0.2, -0.15) is 5.26 Å². The number of allylic oxidation sites excluding steroid dienone is 1. The van der Waals surface area contributed by atoms with E-state index in [1.54, 1.807) is 24.4 Å². The van der Waals surface area contributed by atoms with Gasteiger partial charge in [-0.1, -0.05) is 53.0 Å². The van der Waals surface area contributed by atoms with E-state index in [-0.39, 0.29) is 0 Å². The van der Waals surface area contributed by atoms with Gasteiger partial charge in [0.05, 0.1) is 16.4 Å². The molecular weight excluding hydrogens is 373 g/mol. The molecule has 124 valence electrons. The van der Waals surface area contributed by atoms with Crippen LogP contribution < -0.4 is 5.32 Å². The van der Waals surface area contributed by atoms with Crippen LogP contribution in [-0.4, -0.2) is 4.98 Å². The fraction of sp³-hybridized carbons (Fsp3) is 0.0526. The number of hydrogen-bond donors (Lipinski definition) is 1. The molecule has 3 aromatic rings. The van der Waals surface area contributed by atoms with E-state index in [1.807, 2.05) is 36.6 Å². The molecule has 2 aromatic carbocycles. The quantitative estimate of drug-likeness (QED) is 0.528. The Kier molecular flexibility index (Phi) is 5.40. The van der Waals surface area contributed by atoms with E-state index in [4.69, 9.17) is 23.2 Å². The Labute approximate surface area is 160 Å². The second-order valence-electron chi connectivity index (χ2n) is 5.34. The Morgan fingerprint density at radius 1 is 1.20 bits per heavy atom. The van der Waals surface area contributed by atoms with Gasteiger partial charge in [-0.05, 0) is 25.1 Å². The zero-order valence-electron chi connectivity index (χ0n) is 13.3. The number of nitriles is 1. The molecule has 6 heteroatoms. The molecule has 3 rings (SSSR count). The van der Waals surface area contributed by atoms with E-state index in [9.17, 15) is 5.26 Å². The number of benzene rings is 2. The van der Waals surface area contributed by atoms with Gasteiger partial charge < -0.3 is 5.32 Å². The standard InChI is InChI=1S/C19H13Cl2N3S/c1-12-2-4-13(5-3-12)18-11-25-19(24-18)14(9-22)10-23-17-7-6-15(20)8-16(17)21/h2-8,10-11,23H,1H3. The molecule has 0 amide bonds. The lowest BCUT2D eigenvalue weighted by atomic mass is 10.1. The minimum Gasteiger partial charge on any atom is -0.359 e. The number of aromatic nitrogens is 1. The predicted octanol–water partition coefficient (Wildman–Crippen LogP) is 6.40. The monoisotopic (exact) mass is 385 g/mol. The van der Waals surface area contributed by atoms with Crippen LogP contribution in [0, 0.1) is 18.3 Å². The molecule has 0 aliphatic rings. The smallest absolute Gasteiger partial charge is 0.136 e. The zero-order valence-corrected chi connectivity index (χ0v) is 15.6. The van der Waals surface area contributed by atoms with Crippen LogP contribution in [0.4, 0.5) is 5.69 Å². The Morgan fingerprint density at radius 2 is 1.96 bits per heavy atom. The summed E-state index contributed by atoms with van der Waals surface area (Å²) in [5.74, 6) is 0. The van der Waals surface area contributed by atoms with Gasteiger partial charge in [0.25, 0.3) is 0 Å². The van der Waals surface area contributed by atoms with Gasteiger partial charge in [-0.15, -0.1) is 11.3 Å². The Hall–Kier alpha value is -2.32. The van der Waals surface area contributed by atoms with Gasteiger partial charge in [0.2, 0.25) is 0 Å². The second-order valence-corrected chi connectivity index (χ2v) is 7.04. The summed E-state index contributed by atoms with van der Waals surface area (Å²) in [6, 6.07) is 15.4. The minimum atomic E-state index is 0.439. The van der Waals surface area contributed by atoms with Crippen LogP contribution in [0.3, 0.4) is 0 Å². The summed E-state index contributed by atoms with van der Waals surface area (Å²) in [6.45, 7) is 2.04. The second kappa shape index (κ2) is 7.71. The molecular formula is C19H13Cl2N3S. The van der Waals surface area contributed by atoms with Gasteiger partial charge in [0.1, 0.15) is 16.6 Å². The molecule has 1 aromatic heterocycles. The first kappa shape index (κ1) is 17.5. The lowest BCUT2D eigenvalue weighted by molar-refractivity contribution is 1.36. The van der Waals surface area contributed by atoms with E-state index in [0.717, 1.165) is 11.3 Å². The van der Waals surface area contributed by atoms with Crippen molar-refractivity contribution >= 4 is 45.8 Å². The third-order valence-electron chi connectivity index (χ3n) is 3.51. The average Bonchev–Trinajstić information content (AvgIpc) is 3.07. The van der Waals surface area contributed by atoms with Crippen LogP contribution in [0.2, 0.25) is 10.0 Å². The maximum Gasteiger partial charge on any atom is 0.136 e.